The fourth-order valence-corrected chi connectivity index (χ4v) is 4.37. The first-order valence-electron chi connectivity index (χ1n) is 6.01. The van der Waals surface area contributed by atoms with Crippen LogP contribution in [0.3, 0.4) is 0 Å². The SMILES string of the molecule is Cc1noc(C)c1S(=O)(=O)NC(CC(=O)O)c1cccs1. The first kappa shape index (κ1) is 15.7. The van der Waals surface area contributed by atoms with Crippen molar-refractivity contribution in [2.75, 3.05) is 0 Å². The largest absolute Gasteiger partial charge is 0.481 e. The molecule has 1 unspecified atom stereocenters. The summed E-state index contributed by atoms with van der Waals surface area (Å²) in [6, 6.07) is 2.59. The lowest BCUT2D eigenvalue weighted by molar-refractivity contribution is -0.137. The van der Waals surface area contributed by atoms with Crippen LogP contribution in [0.1, 0.15) is 28.8 Å². The van der Waals surface area contributed by atoms with E-state index in [0.717, 1.165) is 0 Å². The zero-order chi connectivity index (χ0) is 15.6. The second-order valence-corrected chi connectivity index (χ2v) is 7.07. The molecule has 0 saturated carbocycles. The predicted octanol–water partition coefficient (Wildman–Crippen LogP) is 1.85. The van der Waals surface area contributed by atoms with Crippen LogP contribution >= 0.6 is 11.3 Å². The van der Waals surface area contributed by atoms with E-state index in [1.807, 2.05) is 0 Å². The number of aliphatic carboxylic acids is 1. The molecule has 21 heavy (non-hydrogen) atoms. The normalized spacial score (nSPS) is 13.2. The summed E-state index contributed by atoms with van der Waals surface area (Å²) in [5.74, 6) is -0.921. The van der Waals surface area contributed by atoms with Gasteiger partial charge in [0.25, 0.3) is 0 Å². The number of carboxylic acid groups (broad SMARTS) is 1. The molecular weight excluding hydrogens is 316 g/mol. The van der Waals surface area contributed by atoms with E-state index in [1.54, 1.807) is 17.5 Å². The van der Waals surface area contributed by atoms with Gasteiger partial charge in [0.15, 0.2) is 5.76 Å². The molecule has 2 N–H and O–H groups in total. The van der Waals surface area contributed by atoms with Gasteiger partial charge >= 0.3 is 5.97 Å². The topological polar surface area (TPSA) is 110 Å². The fraction of sp³-hybridized carbons (Fsp3) is 0.333. The van der Waals surface area contributed by atoms with Crippen LogP contribution in [0, 0.1) is 13.8 Å². The van der Waals surface area contributed by atoms with Gasteiger partial charge in [-0.1, -0.05) is 11.2 Å². The van der Waals surface area contributed by atoms with Crippen molar-refractivity contribution in [3.8, 4) is 0 Å². The van der Waals surface area contributed by atoms with Crippen LogP contribution < -0.4 is 4.72 Å². The highest BCUT2D eigenvalue weighted by Gasteiger charge is 2.29. The smallest absolute Gasteiger partial charge is 0.305 e. The molecular formula is C12H14N2O5S2. The van der Waals surface area contributed by atoms with Crippen molar-refractivity contribution in [3.05, 3.63) is 33.8 Å². The van der Waals surface area contributed by atoms with Crippen LogP contribution in [0.2, 0.25) is 0 Å². The number of hydrogen-bond acceptors (Lipinski definition) is 6. The van der Waals surface area contributed by atoms with Crippen molar-refractivity contribution in [1.29, 1.82) is 0 Å². The summed E-state index contributed by atoms with van der Waals surface area (Å²) < 4.78 is 32.1. The van der Waals surface area contributed by atoms with E-state index < -0.39 is 22.0 Å². The van der Waals surface area contributed by atoms with Gasteiger partial charge in [0, 0.05) is 4.88 Å². The van der Waals surface area contributed by atoms with Crippen LogP contribution in [0.25, 0.3) is 0 Å². The molecule has 0 spiro atoms. The molecule has 9 heteroatoms. The number of carbonyl (C=O) groups is 1. The summed E-state index contributed by atoms with van der Waals surface area (Å²) >= 11 is 1.29. The van der Waals surface area contributed by atoms with E-state index in [9.17, 15) is 13.2 Å². The maximum atomic E-state index is 12.4. The van der Waals surface area contributed by atoms with Crippen molar-refractivity contribution >= 4 is 27.3 Å². The predicted molar refractivity (Wildman–Crippen MR) is 75.6 cm³/mol. The van der Waals surface area contributed by atoms with Crippen LogP contribution in [-0.2, 0) is 14.8 Å². The van der Waals surface area contributed by atoms with Gasteiger partial charge in [-0.15, -0.1) is 11.3 Å². The van der Waals surface area contributed by atoms with Crippen molar-refractivity contribution in [2.45, 2.75) is 31.2 Å². The Bertz CT molecular complexity index is 714. The van der Waals surface area contributed by atoms with Crippen LogP contribution in [0.15, 0.2) is 26.9 Å². The maximum absolute atomic E-state index is 12.4. The molecule has 0 bridgehead atoms. The molecule has 0 aliphatic rings. The molecule has 0 aromatic carbocycles. The average Bonchev–Trinajstić information content (AvgIpc) is 2.97. The molecule has 0 amide bonds. The molecule has 2 aromatic heterocycles. The standard InChI is InChI=1S/C12H14N2O5S2/c1-7-12(8(2)19-13-7)21(17,18)14-9(6-11(15)16)10-4-3-5-20-10/h3-5,9,14H,6H2,1-2H3,(H,15,16). The summed E-state index contributed by atoms with van der Waals surface area (Å²) in [5, 5.41) is 14.3. The first-order chi connectivity index (χ1) is 9.81. The van der Waals surface area contributed by atoms with Crippen LogP contribution in [-0.4, -0.2) is 24.7 Å². The molecule has 0 aliphatic heterocycles. The van der Waals surface area contributed by atoms with Crippen molar-refractivity contribution in [1.82, 2.24) is 9.88 Å². The number of rotatable bonds is 6. The molecule has 1 atom stereocenters. The van der Waals surface area contributed by atoms with E-state index in [-0.39, 0.29) is 22.8 Å². The van der Waals surface area contributed by atoms with Gasteiger partial charge in [-0.2, -0.15) is 0 Å². The quantitative estimate of drug-likeness (QED) is 0.836. The second kappa shape index (κ2) is 5.96. The summed E-state index contributed by atoms with van der Waals surface area (Å²) in [6.07, 6.45) is -0.344. The minimum Gasteiger partial charge on any atom is -0.481 e. The van der Waals surface area contributed by atoms with Crippen molar-refractivity contribution in [2.24, 2.45) is 0 Å². The number of hydrogen-bond donors (Lipinski definition) is 2. The number of nitrogens with zero attached hydrogens (tertiary/aromatic N) is 1. The van der Waals surface area contributed by atoms with E-state index in [2.05, 4.69) is 9.88 Å². The van der Waals surface area contributed by atoms with Gasteiger partial charge in [0.1, 0.15) is 10.6 Å². The Morgan fingerprint density at radius 2 is 2.24 bits per heavy atom. The highest BCUT2D eigenvalue weighted by molar-refractivity contribution is 7.89. The van der Waals surface area contributed by atoms with Gasteiger partial charge in [-0.05, 0) is 25.3 Å². The number of nitrogens with one attached hydrogen (secondary N) is 1. The zero-order valence-corrected chi connectivity index (χ0v) is 13.0. The van der Waals surface area contributed by atoms with Gasteiger partial charge in [-0.3, -0.25) is 4.79 Å². The molecule has 114 valence electrons. The summed E-state index contributed by atoms with van der Waals surface area (Å²) in [4.78, 5) is 11.5. The van der Waals surface area contributed by atoms with Gasteiger partial charge in [0.2, 0.25) is 10.0 Å². The molecule has 0 fully saturated rings. The van der Waals surface area contributed by atoms with E-state index in [0.29, 0.717) is 4.88 Å². The zero-order valence-electron chi connectivity index (χ0n) is 11.4. The number of aromatic nitrogens is 1. The Morgan fingerprint density at radius 3 is 2.71 bits per heavy atom. The maximum Gasteiger partial charge on any atom is 0.305 e. The molecule has 2 rings (SSSR count). The number of carboxylic acids is 1. The minimum absolute atomic E-state index is 0.0468. The van der Waals surface area contributed by atoms with Crippen LogP contribution in [0.5, 0.6) is 0 Å². The third-order valence-electron chi connectivity index (χ3n) is 2.80. The van der Waals surface area contributed by atoms with Gasteiger partial charge in [0.05, 0.1) is 12.5 Å². The lowest BCUT2D eigenvalue weighted by Crippen LogP contribution is -2.30. The molecule has 0 saturated heterocycles. The van der Waals surface area contributed by atoms with Gasteiger partial charge < -0.3 is 9.63 Å². The Hall–Kier alpha value is -1.71. The Morgan fingerprint density at radius 1 is 1.52 bits per heavy atom. The summed E-state index contributed by atoms with van der Waals surface area (Å²) in [7, 11) is -3.91. The second-order valence-electron chi connectivity index (χ2n) is 4.44. The van der Waals surface area contributed by atoms with Gasteiger partial charge in [-0.25, -0.2) is 13.1 Å². The average molecular weight is 330 g/mol. The highest BCUT2D eigenvalue weighted by Crippen LogP contribution is 2.26. The molecule has 2 heterocycles. The fourth-order valence-electron chi connectivity index (χ4n) is 1.97. The third-order valence-corrected chi connectivity index (χ3v) is 5.50. The van der Waals surface area contributed by atoms with E-state index >= 15 is 0 Å². The lowest BCUT2D eigenvalue weighted by atomic mass is 10.2. The van der Waals surface area contributed by atoms with Crippen molar-refractivity contribution in [3.63, 3.8) is 0 Å². The monoisotopic (exact) mass is 330 g/mol. The number of sulfonamides is 1. The van der Waals surface area contributed by atoms with Crippen molar-refractivity contribution < 1.29 is 22.8 Å². The molecule has 7 nitrogen and oxygen atoms in total. The molecule has 0 radical (unpaired) electrons. The lowest BCUT2D eigenvalue weighted by Gasteiger charge is -2.15. The van der Waals surface area contributed by atoms with E-state index in [4.69, 9.17) is 9.63 Å². The molecule has 0 aliphatic carbocycles. The number of thiophene rings is 1. The highest BCUT2D eigenvalue weighted by atomic mass is 32.2. The Balaban J connectivity index is 2.34. The first-order valence-corrected chi connectivity index (χ1v) is 8.38. The summed E-state index contributed by atoms with van der Waals surface area (Å²) in [6.45, 7) is 3.01. The van der Waals surface area contributed by atoms with Crippen LogP contribution in [0.4, 0.5) is 0 Å². The Kier molecular flexibility index (Phi) is 4.45. The van der Waals surface area contributed by atoms with E-state index in [1.165, 1.54) is 25.2 Å². The minimum atomic E-state index is -3.91. The molecule has 2 aromatic rings. The number of aryl methyl sites for hydroxylation is 2. The Labute approximate surface area is 125 Å². The third kappa shape index (κ3) is 3.49. The summed E-state index contributed by atoms with van der Waals surface area (Å²) in [5.41, 5.74) is 0.236.